The van der Waals surface area contributed by atoms with Gasteiger partial charge in [0.25, 0.3) is 10.2 Å². The van der Waals surface area contributed by atoms with Crippen LogP contribution in [0.2, 0.25) is 0 Å². The Morgan fingerprint density at radius 1 is 1.28 bits per heavy atom. The first-order chi connectivity index (χ1) is 8.29. The molecule has 6 heteroatoms. The number of rotatable bonds is 6. The molecule has 0 aromatic rings. The van der Waals surface area contributed by atoms with E-state index in [9.17, 15) is 8.42 Å². The third-order valence-corrected chi connectivity index (χ3v) is 5.14. The van der Waals surface area contributed by atoms with Gasteiger partial charge in [0.2, 0.25) is 0 Å². The van der Waals surface area contributed by atoms with Crippen molar-refractivity contribution in [1.82, 2.24) is 9.03 Å². The number of nitrogens with one attached hydrogen (secondary N) is 1. The van der Waals surface area contributed by atoms with E-state index in [1.54, 1.807) is 4.31 Å². The van der Waals surface area contributed by atoms with Crippen molar-refractivity contribution in [2.24, 2.45) is 11.7 Å². The summed E-state index contributed by atoms with van der Waals surface area (Å²) in [4.78, 5) is 0. The van der Waals surface area contributed by atoms with E-state index >= 15 is 0 Å². The molecule has 1 fully saturated rings. The Bertz CT molecular complexity index is 350. The largest absolute Gasteiger partial charge is 0.329 e. The molecule has 3 N–H and O–H groups in total. The van der Waals surface area contributed by atoms with Crippen LogP contribution in [0, 0.1) is 5.92 Å². The second-order valence-electron chi connectivity index (χ2n) is 5.93. The van der Waals surface area contributed by atoms with Gasteiger partial charge in [0, 0.05) is 25.2 Å². The molecule has 0 amide bonds. The topological polar surface area (TPSA) is 75.4 Å². The minimum Gasteiger partial charge on any atom is -0.329 e. The zero-order chi connectivity index (χ0) is 13.8. The fourth-order valence-corrected chi connectivity index (χ4v) is 4.21. The van der Waals surface area contributed by atoms with Crippen LogP contribution in [-0.2, 0) is 10.2 Å². The average Bonchev–Trinajstić information content (AvgIpc) is 2.28. The highest BCUT2D eigenvalue weighted by Crippen LogP contribution is 2.19. The summed E-state index contributed by atoms with van der Waals surface area (Å²) < 4.78 is 28.9. The molecule has 108 valence electrons. The SMILES string of the molecule is CC(C)CC(C)(CN)NS(=O)(=O)N1CCCCC1. The predicted octanol–water partition coefficient (Wildman–Crippen LogP) is 1.07. The molecule has 0 radical (unpaired) electrons. The normalized spacial score (nSPS) is 22.1. The minimum atomic E-state index is -3.40. The van der Waals surface area contributed by atoms with Gasteiger partial charge in [-0.1, -0.05) is 20.3 Å². The zero-order valence-corrected chi connectivity index (χ0v) is 12.6. The molecular weight excluding hydrogens is 250 g/mol. The van der Waals surface area contributed by atoms with Crippen LogP contribution in [0.3, 0.4) is 0 Å². The van der Waals surface area contributed by atoms with Gasteiger partial charge >= 0.3 is 0 Å². The molecule has 0 aromatic carbocycles. The van der Waals surface area contributed by atoms with Crippen LogP contribution in [0.15, 0.2) is 0 Å². The van der Waals surface area contributed by atoms with Crippen molar-refractivity contribution >= 4 is 10.2 Å². The van der Waals surface area contributed by atoms with Crippen LogP contribution in [0.5, 0.6) is 0 Å². The summed E-state index contributed by atoms with van der Waals surface area (Å²) in [6, 6.07) is 0. The first kappa shape index (κ1) is 15.9. The average molecular weight is 277 g/mol. The van der Waals surface area contributed by atoms with Gasteiger partial charge in [0.1, 0.15) is 0 Å². The van der Waals surface area contributed by atoms with Gasteiger partial charge in [-0.05, 0) is 32.1 Å². The first-order valence-electron chi connectivity index (χ1n) is 6.78. The number of nitrogens with zero attached hydrogens (tertiary/aromatic N) is 1. The van der Waals surface area contributed by atoms with E-state index in [1.807, 2.05) is 6.92 Å². The Balaban J connectivity index is 2.72. The van der Waals surface area contributed by atoms with Gasteiger partial charge in [0.15, 0.2) is 0 Å². The maximum Gasteiger partial charge on any atom is 0.279 e. The van der Waals surface area contributed by atoms with Gasteiger partial charge in [-0.15, -0.1) is 0 Å². The third kappa shape index (κ3) is 4.50. The number of nitrogens with two attached hydrogens (primary N) is 1. The molecule has 5 nitrogen and oxygen atoms in total. The van der Waals surface area contributed by atoms with E-state index in [0.717, 1.165) is 25.7 Å². The predicted molar refractivity (Wildman–Crippen MR) is 74.4 cm³/mol. The maximum absolute atomic E-state index is 12.3. The Hall–Kier alpha value is -0.170. The maximum atomic E-state index is 12.3. The molecule has 18 heavy (non-hydrogen) atoms. The van der Waals surface area contributed by atoms with Crippen molar-refractivity contribution in [1.29, 1.82) is 0 Å². The standard InChI is InChI=1S/C12H27N3O2S/c1-11(2)9-12(3,10-13)14-18(16,17)15-7-5-4-6-8-15/h11,14H,4-10,13H2,1-3H3. The highest BCUT2D eigenvalue weighted by Gasteiger charge is 2.33. The van der Waals surface area contributed by atoms with Crippen molar-refractivity contribution in [3.63, 3.8) is 0 Å². The van der Waals surface area contributed by atoms with Gasteiger partial charge in [-0.3, -0.25) is 0 Å². The number of hydrogen-bond acceptors (Lipinski definition) is 3. The molecule has 1 rings (SSSR count). The number of hydrogen-bond donors (Lipinski definition) is 2. The second-order valence-corrected chi connectivity index (χ2v) is 7.60. The van der Waals surface area contributed by atoms with Gasteiger partial charge < -0.3 is 5.73 Å². The Morgan fingerprint density at radius 3 is 2.28 bits per heavy atom. The van der Waals surface area contributed by atoms with Crippen LogP contribution < -0.4 is 10.5 Å². The molecule has 1 unspecified atom stereocenters. The van der Waals surface area contributed by atoms with Gasteiger partial charge in [-0.25, -0.2) is 0 Å². The van der Waals surface area contributed by atoms with Gasteiger partial charge in [-0.2, -0.15) is 17.4 Å². The number of piperidine rings is 1. The van der Waals surface area contributed by atoms with E-state index < -0.39 is 15.7 Å². The summed E-state index contributed by atoms with van der Waals surface area (Å²) in [5, 5.41) is 0. The lowest BCUT2D eigenvalue weighted by atomic mass is 9.92. The molecule has 0 aliphatic carbocycles. The Kier molecular flexibility index (Phi) is 5.58. The highest BCUT2D eigenvalue weighted by atomic mass is 32.2. The summed E-state index contributed by atoms with van der Waals surface area (Å²) in [7, 11) is -3.40. The molecule has 1 atom stereocenters. The molecular formula is C12H27N3O2S. The van der Waals surface area contributed by atoms with E-state index in [4.69, 9.17) is 5.73 Å². The van der Waals surface area contributed by atoms with Crippen LogP contribution in [0.4, 0.5) is 0 Å². The van der Waals surface area contributed by atoms with E-state index in [2.05, 4.69) is 18.6 Å². The second kappa shape index (κ2) is 6.32. The van der Waals surface area contributed by atoms with E-state index in [-0.39, 0.29) is 0 Å². The van der Waals surface area contributed by atoms with Gasteiger partial charge in [0.05, 0.1) is 0 Å². The smallest absolute Gasteiger partial charge is 0.279 e. The Morgan fingerprint density at radius 2 is 1.83 bits per heavy atom. The molecule has 0 aromatic heterocycles. The quantitative estimate of drug-likeness (QED) is 0.762. The lowest BCUT2D eigenvalue weighted by molar-refractivity contribution is 0.306. The van der Waals surface area contributed by atoms with E-state index in [1.165, 1.54) is 0 Å². The van der Waals surface area contributed by atoms with Crippen molar-refractivity contribution in [3.05, 3.63) is 0 Å². The summed E-state index contributed by atoms with van der Waals surface area (Å²) in [6.07, 6.45) is 3.76. The first-order valence-corrected chi connectivity index (χ1v) is 8.22. The van der Waals surface area contributed by atoms with Crippen LogP contribution in [0.25, 0.3) is 0 Å². The molecule has 1 saturated heterocycles. The van der Waals surface area contributed by atoms with Crippen molar-refractivity contribution in [2.75, 3.05) is 19.6 Å². The molecule has 1 heterocycles. The molecule has 0 saturated carbocycles. The van der Waals surface area contributed by atoms with E-state index in [0.29, 0.717) is 25.6 Å². The van der Waals surface area contributed by atoms with Crippen LogP contribution in [0.1, 0.15) is 46.5 Å². The zero-order valence-electron chi connectivity index (χ0n) is 11.8. The Labute approximate surface area is 111 Å². The summed E-state index contributed by atoms with van der Waals surface area (Å²) in [6.45, 7) is 7.59. The minimum absolute atomic E-state index is 0.318. The van der Waals surface area contributed by atoms with Crippen LogP contribution in [-0.4, -0.2) is 37.9 Å². The molecule has 0 spiro atoms. The van der Waals surface area contributed by atoms with Crippen molar-refractivity contribution < 1.29 is 8.42 Å². The summed E-state index contributed by atoms with van der Waals surface area (Å²) >= 11 is 0. The fraction of sp³-hybridized carbons (Fsp3) is 1.00. The molecule has 1 aliphatic rings. The molecule has 0 bridgehead atoms. The highest BCUT2D eigenvalue weighted by molar-refractivity contribution is 7.87. The third-order valence-electron chi connectivity index (χ3n) is 3.34. The molecule has 1 aliphatic heterocycles. The van der Waals surface area contributed by atoms with Crippen molar-refractivity contribution in [3.8, 4) is 0 Å². The van der Waals surface area contributed by atoms with Crippen molar-refractivity contribution in [2.45, 2.75) is 52.0 Å². The monoisotopic (exact) mass is 277 g/mol. The lowest BCUT2D eigenvalue weighted by Crippen LogP contribution is -2.56. The van der Waals surface area contributed by atoms with Crippen LogP contribution >= 0.6 is 0 Å². The summed E-state index contributed by atoms with van der Waals surface area (Å²) in [5.74, 6) is 0.405. The fourth-order valence-electron chi connectivity index (χ4n) is 2.55. The lowest BCUT2D eigenvalue weighted by Gasteiger charge is -2.34. The summed E-state index contributed by atoms with van der Waals surface area (Å²) in [5.41, 5.74) is 5.20.